The largest absolute Gasteiger partial charge is 0.377 e. The van der Waals surface area contributed by atoms with Crippen LogP contribution in [-0.4, -0.2) is 11.0 Å². The van der Waals surface area contributed by atoms with Gasteiger partial charge in [-0.15, -0.1) is 0 Å². The Balaban J connectivity index is 2.18. The summed E-state index contributed by atoms with van der Waals surface area (Å²) in [6, 6.07) is 6.65. The average Bonchev–Trinajstić information content (AvgIpc) is 2.47. The smallest absolute Gasteiger partial charge is 0.292 e. The molecule has 0 bridgehead atoms. The zero-order valence-electron chi connectivity index (χ0n) is 11.6. The number of nitro groups is 1. The average molecular weight is 273 g/mol. The van der Waals surface area contributed by atoms with Gasteiger partial charge in [-0.3, -0.25) is 10.1 Å². The number of anilines is 1. The van der Waals surface area contributed by atoms with Crippen LogP contribution in [0.2, 0.25) is 0 Å². The van der Waals surface area contributed by atoms with Gasteiger partial charge >= 0.3 is 0 Å². The zero-order valence-corrected chi connectivity index (χ0v) is 11.6. The van der Waals surface area contributed by atoms with Crippen molar-refractivity contribution in [3.8, 4) is 6.07 Å². The summed E-state index contributed by atoms with van der Waals surface area (Å²) in [5.41, 5.74) is 0.924. The van der Waals surface area contributed by atoms with Crippen LogP contribution in [0.4, 0.5) is 11.4 Å². The summed E-state index contributed by atoms with van der Waals surface area (Å²) in [6.07, 6.45) is 6.08. The van der Waals surface area contributed by atoms with Gasteiger partial charge in [0, 0.05) is 12.1 Å². The van der Waals surface area contributed by atoms with Crippen molar-refractivity contribution < 1.29 is 4.92 Å². The third-order valence-electron chi connectivity index (χ3n) is 4.06. The summed E-state index contributed by atoms with van der Waals surface area (Å²) in [5, 5.41) is 23.2. The molecule has 2 rings (SSSR count). The molecule has 0 aromatic heterocycles. The van der Waals surface area contributed by atoms with E-state index < -0.39 is 4.92 Å². The lowest BCUT2D eigenvalue weighted by atomic mass is 9.84. The Hall–Kier alpha value is -2.09. The van der Waals surface area contributed by atoms with E-state index in [4.69, 9.17) is 5.26 Å². The summed E-state index contributed by atoms with van der Waals surface area (Å²) in [6.45, 7) is 2.07. The summed E-state index contributed by atoms with van der Waals surface area (Å²) in [4.78, 5) is 10.7. The van der Waals surface area contributed by atoms with Crippen molar-refractivity contribution in [1.82, 2.24) is 0 Å². The molecule has 5 nitrogen and oxygen atoms in total. The van der Waals surface area contributed by atoms with Crippen LogP contribution in [0.15, 0.2) is 18.2 Å². The van der Waals surface area contributed by atoms with Crippen molar-refractivity contribution in [2.45, 2.75) is 45.1 Å². The molecule has 1 N–H and O–H groups in total. The highest BCUT2D eigenvalue weighted by molar-refractivity contribution is 5.64. The van der Waals surface area contributed by atoms with E-state index in [-0.39, 0.29) is 11.7 Å². The SMILES string of the molecule is CC(Nc1cc(C#N)ccc1[N+](=O)[O-])C1CCCCC1. The second-order valence-electron chi connectivity index (χ2n) is 5.43. The minimum Gasteiger partial charge on any atom is -0.377 e. The van der Waals surface area contributed by atoms with Crippen molar-refractivity contribution in [2.75, 3.05) is 5.32 Å². The van der Waals surface area contributed by atoms with Crippen molar-refractivity contribution >= 4 is 11.4 Å². The van der Waals surface area contributed by atoms with Gasteiger partial charge in [0.15, 0.2) is 0 Å². The van der Waals surface area contributed by atoms with Gasteiger partial charge in [0.2, 0.25) is 0 Å². The molecule has 1 aromatic rings. The zero-order chi connectivity index (χ0) is 14.5. The fourth-order valence-corrected chi connectivity index (χ4v) is 2.88. The van der Waals surface area contributed by atoms with E-state index in [1.165, 1.54) is 44.2 Å². The first-order valence-corrected chi connectivity index (χ1v) is 7.07. The number of nitrogens with one attached hydrogen (secondary N) is 1. The Morgan fingerprint density at radius 1 is 1.40 bits per heavy atom. The molecular weight excluding hydrogens is 254 g/mol. The van der Waals surface area contributed by atoms with Gasteiger partial charge in [0.25, 0.3) is 5.69 Å². The molecule has 1 aliphatic rings. The van der Waals surface area contributed by atoms with Crippen LogP contribution in [-0.2, 0) is 0 Å². The molecule has 0 heterocycles. The highest BCUT2D eigenvalue weighted by Crippen LogP contribution is 2.31. The molecule has 0 spiro atoms. The van der Waals surface area contributed by atoms with E-state index in [1.54, 1.807) is 6.07 Å². The maximum atomic E-state index is 11.1. The van der Waals surface area contributed by atoms with E-state index in [0.717, 1.165) is 0 Å². The van der Waals surface area contributed by atoms with E-state index >= 15 is 0 Å². The third kappa shape index (κ3) is 3.27. The fraction of sp³-hybridized carbons (Fsp3) is 0.533. The maximum absolute atomic E-state index is 11.1. The van der Waals surface area contributed by atoms with Crippen LogP contribution in [0, 0.1) is 27.4 Å². The molecule has 106 valence electrons. The summed E-state index contributed by atoms with van der Waals surface area (Å²) < 4.78 is 0. The lowest BCUT2D eigenvalue weighted by Gasteiger charge is -2.28. The molecule has 0 saturated heterocycles. The number of nitriles is 1. The predicted octanol–water partition coefficient (Wildman–Crippen LogP) is 3.85. The molecule has 5 heteroatoms. The predicted molar refractivity (Wildman–Crippen MR) is 77.5 cm³/mol. The minimum absolute atomic E-state index is 0.0339. The Morgan fingerprint density at radius 3 is 2.70 bits per heavy atom. The van der Waals surface area contributed by atoms with Crippen molar-refractivity contribution in [2.24, 2.45) is 5.92 Å². The van der Waals surface area contributed by atoms with Crippen LogP contribution in [0.25, 0.3) is 0 Å². The van der Waals surface area contributed by atoms with Crippen LogP contribution in [0.5, 0.6) is 0 Å². The second-order valence-corrected chi connectivity index (χ2v) is 5.43. The standard InChI is InChI=1S/C15H19N3O2/c1-11(13-5-3-2-4-6-13)17-14-9-12(10-16)7-8-15(14)18(19)20/h7-9,11,13,17H,2-6H2,1H3. The Bertz CT molecular complexity index is 530. The topological polar surface area (TPSA) is 79.0 Å². The highest BCUT2D eigenvalue weighted by Gasteiger charge is 2.23. The quantitative estimate of drug-likeness (QED) is 0.667. The van der Waals surface area contributed by atoms with Crippen LogP contribution in [0.3, 0.4) is 0 Å². The molecule has 0 radical (unpaired) electrons. The van der Waals surface area contributed by atoms with Crippen LogP contribution in [0.1, 0.15) is 44.6 Å². The first kappa shape index (κ1) is 14.3. The number of nitro benzene ring substituents is 1. The number of rotatable bonds is 4. The molecule has 20 heavy (non-hydrogen) atoms. The van der Waals surface area contributed by atoms with E-state index in [1.807, 2.05) is 6.07 Å². The van der Waals surface area contributed by atoms with E-state index in [2.05, 4.69) is 12.2 Å². The van der Waals surface area contributed by atoms with Gasteiger partial charge in [0.1, 0.15) is 5.69 Å². The van der Waals surface area contributed by atoms with Crippen molar-refractivity contribution in [1.29, 1.82) is 5.26 Å². The van der Waals surface area contributed by atoms with Gasteiger partial charge in [-0.05, 0) is 37.8 Å². The fourth-order valence-electron chi connectivity index (χ4n) is 2.88. The lowest BCUT2D eigenvalue weighted by molar-refractivity contribution is -0.384. The van der Waals surface area contributed by atoms with Crippen molar-refractivity contribution in [3.63, 3.8) is 0 Å². The summed E-state index contributed by atoms with van der Waals surface area (Å²) in [5.74, 6) is 0.550. The molecule has 1 aromatic carbocycles. The number of hydrogen-bond donors (Lipinski definition) is 1. The molecule has 1 atom stereocenters. The van der Waals surface area contributed by atoms with Crippen LogP contribution < -0.4 is 5.32 Å². The Kier molecular flexibility index (Phi) is 4.57. The third-order valence-corrected chi connectivity index (χ3v) is 4.06. The second kappa shape index (κ2) is 6.38. The summed E-state index contributed by atoms with van der Waals surface area (Å²) in [7, 11) is 0. The molecule has 1 unspecified atom stereocenters. The number of benzene rings is 1. The molecule has 1 aliphatic carbocycles. The lowest BCUT2D eigenvalue weighted by Crippen LogP contribution is -2.28. The van der Waals surface area contributed by atoms with Gasteiger partial charge in [0.05, 0.1) is 16.6 Å². The normalized spacial score (nSPS) is 17.2. The molecule has 0 aliphatic heterocycles. The highest BCUT2D eigenvalue weighted by atomic mass is 16.6. The molecule has 1 saturated carbocycles. The Morgan fingerprint density at radius 2 is 2.10 bits per heavy atom. The van der Waals surface area contributed by atoms with E-state index in [0.29, 0.717) is 17.2 Å². The van der Waals surface area contributed by atoms with Crippen LogP contribution >= 0.6 is 0 Å². The van der Waals surface area contributed by atoms with Gasteiger partial charge in [-0.2, -0.15) is 5.26 Å². The van der Waals surface area contributed by atoms with E-state index in [9.17, 15) is 10.1 Å². The molecule has 0 amide bonds. The molecular formula is C15H19N3O2. The number of nitrogens with zero attached hydrogens (tertiary/aromatic N) is 2. The maximum Gasteiger partial charge on any atom is 0.292 e. The number of hydrogen-bond acceptors (Lipinski definition) is 4. The van der Waals surface area contributed by atoms with Gasteiger partial charge in [-0.1, -0.05) is 19.3 Å². The molecule has 1 fully saturated rings. The van der Waals surface area contributed by atoms with Gasteiger partial charge in [-0.25, -0.2) is 0 Å². The monoisotopic (exact) mass is 273 g/mol. The van der Waals surface area contributed by atoms with Crippen molar-refractivity contribution in [3.05, 3.63) is 33.9 Å². The summed E-state index contributed by atoms with van der Waals surface area (Å²) >= 11 is 0. The van der Waals surface area contributed by atoms with Gasteiger partial charge < -0.3 is 5.32 Å². The Labute approximate surface area is 118 Å². The minimum atomic E-state index is -0.406. The first-order valence-electron chi connectivity index (χ1n) is 7.07. The first-order chi connectivity index (χ1) is 9.61.